The first-order valence-electron chi connectivity index (χ1n) is 10.3. The summed E-state index contributed by atoms with van der Waals surface area (Å²) in [6.07, 6.45) is 1.25. The first-order chi connectivity index (χ1) is 14.4. The third-order valence-electron chi connectivity index (χ3n) is 4.41. The third-order valence-corrected chi connectivity index (χ3v) is 4.41. The quantitative estimate of drug-likeness (QED) is 0.139. The van der Waals surface area contributed by atoms with Gasteiger partial charge in [-0.2, -0.15) is 0 Å². The second-order valence-corrected chi connectivity index (χ2v) is 7.88. The summed E-state index contributed by atoms with van der Waals surface area (Å²) in [6, 6.07) is -4.35. The molecule has 0 aliphatic rings. The molecule has 178 valence electrons. The molecule has 0 rings (SSSR count). The summed E-state index contributed by atoms with van der Waals surface area (Å²) in [6.45, 7) is 5.49. The van der Waals surface area contributed by atoms with E-state index in [4.69, 9.17) is 17.2 Å². The molecule has 12 heteroatoms. The molecule has 0 aromatic carbocycles. The zero-order valence-electron chi connectivity index (χ0n) is 18.3. The van der Waals surface area contributed by atoms with Crippen LogP contribution in [0, 0.1) is 5.92 Å². The number of amides is 4. The second kappa shape index (κ2) is 14.3. The summed E-state index contributed by atoms with van der Waals surface area (Å²) in [4.78, 5) is 59.4. The topological polar surface area (TPSA) is 220 Å². The Morgan fingerprint density at radius 1 is 0.871 bits per heavy atom. The monoisotopic (exact) mass is 444 g/mol. The number of nitrogens with one attached hydrogen (secondary N) is 3. The molecule has 0 aliphatic heterocycles. The van der Waals surface area contributed by atoms with Crippen molar-refractivity contribution < 1.29 is 29.1 Å². The molecule has 12 nitrogen and oxygen atoms in total. The van der Waals surface area contributed by atoms with Crippen LogP contribution >= 0.6 is 0 Å². The van der Waals surface area contributed by atoms with Crippen molar-refractivity contribution in [3.05, 3.63) is 0 Å². The molecular weight excluding hydrogens is 408 g/mol. The molecule has 4 unspecified atom stereocenters. The van der Waals surface area contributed by atoms with Crippen molar-refractivity contribution in [1.82, 2.24) is 16.0 Å². The molecule has 0 aromatic rings. The average molecular weight is 445 g/mol. The molecule has 10 N–H and O–H groups in total. The van der Waals surface area contributed by atoms with Gasteiger partial charge in [-0.05, 0) is 45.1 Å². The number of hydrogen-bond acceptors (Lipinski definition) is 7. The number of hydrogen-bond donors (Lipinski definition) is 7. The SMILES string of the molecule is CC(C)CC(NC(=O)C(C)NC(=O)C(N)CC(N)=O)C(=O)NC(CCCCN)C(=O)O. The smallest absolute Gasteiger partial charge is 0.326 e. The molecule has 0 aromatic heterocycles. The van der Waals surface area contributed by atoms with Gasteiger partial charge >= 0.3 is 5.97 Å². The third kappa shape index (κ3) is 11.9. The highest BCUT2D eigenvalue weighted by atomic mass is 16.4. The number of nitrogens with two attached hydrogens (primary N) is 3. The van der Waals surface area contributed by atoms with E-state index in [9.17, 15) is 29.1 Å². The van der Waals surface area contributed by atoms with Crippen molar-refractivity contribution in [3.8, 4) is 0 Å². The standard InChI is InChI=1S/C19H36N6O6/c1-10(2)8-14(18(29)24-13(19(30)31)6-4-5-7-20)25-16(27)11(3)23-17(28)12(21)9-15(22)26/h10-14H,4-9,20-21H2,1-3H3,(H2,22,26)(H,23,28)(H,24,29)(H,25,27)(H,30,31). The highest BCUT2D eigenvalue weighted by Crippen LogP contribution is 2.08. The maximum absolute atomic E-state index is 12.7. The van der Waals surface area contributed by atoms with Gasteiger partial charge in [-0.1, -0.05) is 13.8 Å². The van der Waals surface area contributed by atoms with Crippen LogP contribution < -0.4 is 33.2 Å². The number of carboxylic acids is 1. The number of rotatable bonds is 15. The largest absolute Gasteiger partial charge is 0.480 e. The Morgan fingerprint density at radius 3 is 1.94 bits per heavy atom. The van der Waals surface area contributed by atoms with Crippen LogP contribution in [0.1, 0.15) is 52.9 Å². The van der Waals surface area contributed by atoms with Crippen LogP contribution in [0.4, 0.5) is 0 Å². The molecule has 4 atom stereocenters. The summed E-state index contributed by atoms with van der Waals surface area (Å²) < 4.78 is 0. The van der Waals surface area contributed by atoms with Gasteiger partial charge in [0.15, 0.2) is 0 Å². The van der Waals surface area contributed by atoms with Crippen molar-refractivity contribution >= 4 is 29.6 Å². The zero-order valence-corrected chi connectivity index (χ0v) is 18.3. The summed E-state index contributed by atoms with van der Waals surface area (Å²) in [7, 11) is 0. The normalized spacial score (nSPS) is 14.8. The highest BCUT2D eigenvalue weighted by Gasteiger charge is 2.29. The molecule has 0 aliphatic carbocycles. The van der Waals surface area contributed by atoms with Crippen molar-refractivity contribution in [3.63, 3.8) is 0 Å². The van der Waals surface area contributed by atoms with Gasteiger partial charge < -0.3 is 38.3 Å². The van der Waals surface area contributed by atoms with Crippen LogP contribution in [0.15, 0.2) is 0 Å². The molecule has 0 bridgehead atoms. The first kappa shape index (κ1) is 28.3. The van der Waals surface area contributed by atoms with E-state index >= 15 is 0 Å². The van der Waals surface area contributed by atoms with Gasteiger partial charge in [-0.25, -0.2) is 4.79 Å². The maximum atomic E-state index is 12.7. The van der Waals surface area contributed by atoms with Crippen molar-refractivity contribution in [2.45, 2.75) is 77.0 Å². The van der Waals surface area contributed by atoms with E-state index in [0.717, 1.165) is 0 Å². The molecule has 0 saturated heterocycles. The number of unbranched alkanes of at least 4 members (excludes halogenated alkanes) is 1. The molecule has 0 fully saturated rings. The van der Waals surface area contributed by atoms with Crippen LogP contribution in [0.5, 0.6) is 0 Å². The van der Waals surface area contributed by atoms with Crippen molar-refractivity contribution in [1.29, 1.82) is 0 Å². The van der Waals surface area contributed by atoms with Crippen molar-refractivity contribution in [2.24, 2.45) is 23.1 Å². The average Bonchev–Trinajstić information content (AvgIpc) is 2.65. The zero-order chi connectivity index (χ0) is 24.1. The Bertz CT molecular complexity index is 641. The molecular formula is C19H36N6O6. The lowest BCUT2D eigenvalue weighted by Crippen LogP contribution is -2.56. The van der Waals surface area contributed by atoms with Gasteiger partial charge in [0.25, 0.3) is 0 Å². The van der Waals surface area contributed by atoms with Gasteiger partial charge in [0.05, 0.1) is 12.5 Å². The lowest BCUT2D eigenvalue weighted by molar-refractivity contribution is -0.142. The fraction of sp³-hybridized carbons (Fsp3) is 0.737. The number of primary amides is 1. The van der Waals surface area contributed by atoms with Gasteiger partial charge in [0, 0.05) is 0 Å². The van der Waals surface area contributed by atoms with E-state index in [0.29, 0.717) is 19.4 Å². The number of carbonyl (C=O) groups is 5. The minimum atomic E-state index is -1.20. The minimum absolute atomic E-state index is 0.0189. The van der Waals surface area contributed by atoms with Gasteiger partial charge in [0.2, 0.25) is 23.6 Å². The molecule has 31 heavy (non-hydrogen) atoms. The minimum Gasteiger partial charge on any atom is -0.480 e. The van der Waals surface area contributed by atoms with Crippen LogP contribution in [-0.4, -0.2) is 65.4 Å². The van der Waals surface area contributed by atoms with Gasteiger partial charge in [-0.3, -0.25) is 19.2 Å². The first-order valence-corrected chi connectivity index (χ1v) is 10.3. The van der Waals surface area contributed by atoms with E-state index in [1.54, 1.807) is 0 Å². The summed E-state index contributed by atoms with van der Waals surface area (Å²) in [5, 5.41) is 16.7. The predicted octanol–water partition coefficient (Wildman–Crippen LogP) is -2.08. The molecule has 0 saturated carbocycles. The summed E-state index contributed by atoms with van der Waals surface area (Å²) >= 11 is 0. The van der Waals surface area contributed by atoms with E-state index in [1.807, 2.05) is 13.8 Å². The number of carbonyl (C=O) groups excluding carboxylic acids is 4. The number of aliphatic carboxylic acids is 1. The molecule has 0 radical (unpaired) electrons. The van der Waals surface area contributed by atoms with E-state index in [1.165, 1.54) is 6.92 Å². The Balaban J connectivity index is 5.07. The Labute approximate surface area is 182 Å². The predicted molar refractivity (Wildman–Crippen MR) is 113 cm³/mol. The number of carboxylic acid groups (broad SMARTS) is 1. The summed E-state index contributed by atoms with van der Waals surface area (Å²) in [5.74, 6) is -3.94. The Morgan fingerprint density at radius 2 is 1.45 bits per heavy atom. The molecule has 0 spiro atoms. The van der Waals surface area contributed by atoms with E-state index < -0.39 is 53.8 Å². The Kier molecular flexibility index (Phi) is 13.0. The summed E-state index contributed by atoms with van der Waals surface area (Å²) in [5.41, 5.74) is 16.0. The van der Waals surface area contributed by atoms with Crippen LogP contribution in [0.2, 0.25) is 0 Å². The van der Waals surface area contributed by atoms with E-state index in [2.05, 4.69) is 16.0 Å². The van der Waals surface area contributed by atoms with E-state index in [-0.39, 0.29) is 25.2 Å². The van der Waals surface area contributed by atoms with Crippen LogP contribution in [-0.2, 0) is 24.0 Å². The molecule has 4 amide bonds. The fourth-order valence-corrected chi connectivity index (χ4v) is 2.72. The van der Waals surface area contributed by atoms with Gasteiger partial charge in [0.1, 0.15) is 18.1 Å². The maximum Gasteiger partial charge on any atom is 0.326 e. The Hall–Kier alpha value is -2.73. The van der Waals surface area contributed by atoms with Gasteiger partial charge in [-0.15, -0.1) is 0 Å². The van der Waals surface area contributed by atoms with Crippen molar-refractivity contribution in [2.75, 3.05) is 6.54 Å². The fourth-order valence-electron chi connectivity index (χ4n) is 2.72. The molecule has 0 heterocycles. The highest BCUT2D eigenvalue weighted by molar-refractivity contribution is 5.94. The lowest BCUT2D eigenvalue weighted by Gasteiger charge is -2.24. The van der Waals surface area contributed by atoms with Crippen LogP contribution in [0.3, 0.4) is 0 Å². The lowest BCUT2D eigenvalue weighted by atomic mass is 10.0. The second-order valence-electron chi connectivity index (χ2n) is 7.88. The van der Waals surface area contributed by atoms with Crippen LogP contribution in [0.25, 0.3) is 0 Å².